The smallest absolute Gasteiger partial charge is 0.416 e. The van der Waals surface area contributed by atoms with Crippen LogP contribution in [0, 0.1) is 19.7 Å². The zero-order valence-corrected chi connectivity index (χ0v) is 49.7. The Morgan fingerprint density at radius 2 is 0.943 bits per heavy atom. The number of Topliss-reactive ketones (excluding diaryl/α,β-unsaturated/α-hetero) is 2. The van der Waals surface area contributed by atoms with Crippen molar-refractivity contribution in [1.29, 1.82) is 0 Å². The number of carbonyl (C=O) groups excluding carboxylic acids is 4. The predicted octanol–water partition coefficient (Wildman–Crippen LogP) is 18.7. The number of hydrogen-bond donors (Lipinski definition) is 0. The molecule has 19 heteroatoms. The number of cyclic esters (lactones) is 2. The zero-order valence-electron chi connectivity index (χ0n) is 48.2. The minimum absolute atomic E-state index is 0.0493. The highest BCUT2D eigenvalue weighted by molar-refractivity contribution is 6.31. The number of rotatable bonds is 14. The van der Waals surface area contributed by atoms with Crippen molar-refractivity contribution >= 4 is 47.0 Å². The van der Waals surface area contributed by atoms with Gasteiger partial charge in [0.15, 0.2) is 11.6 Å². The Labute approximate surface area is 508 Å². The SMILES string of the molecule is COc1ccc(-c2ccc(C(C)=O)cc2C)cc1-c1ccc(C(F)(F)F)cc1CN1C(=O)O[C@H](c2ccc(F)c(Cl)c2)[C@@H]1C.COc1ccc(-c2ccc(C(C)=O)cc2C)cc1-c1ccc(C(F)(F)F)cc1CN1C(=O)O[C@H](c2cccc(Cl)c2)[C@@H]1C. The molecule has 0 radical (unpaired) electrons. The number of hydrogen-bond acceptors (Lipinski definition) is 8. The first-order valence-corrected chi connectivity index (χ1v) is 28.1. The maximum absolute atomic E-state index is 13.9. The molecule has 0 unspecified atom stereocenters. The van der Waals surface area contributed by atoms with Gasteiger partial charge in [-0.05, 0) is 193 Å². The standard InChI is InChI=1S/C34H28ClF4NO4.C34H29ClF3NO4/c1-18-13-21(20(3)41)5-9-26(18)22-7-12-31(43-4)28(15-22)27-10-8-25(34(37,38)39)14-24(27)17-40-19(2)32(44-33(40)42)23-6-11-30(36)29(35)16-23;1-19-14-22(21(3)40)8-11-28(19)23-9-13-31(42-4)30(17-23)29-12-10-26(34(36,37)38)15-25(29)18-39-20(2)32(43-33(39)41)24-6-5-7-27(35)16-24/h5-16,19,32H,17H2,1-4H3;5-17,20,32H,18H2,1-4H3/t19-,32-;20-,32-/m00/s1. The van der Waals surface area contributed by atoms with E-state index >= 15 is 0 Å². The van der Waals surface area contributed by atoms with Crippen LogP contribution in [0.15, 0.2) is 152 Å². The van der Waals surface area contributed by atoms with Crippen LogP contribution >= 0.6 is 23.2 Å². The van der Waals surface area contributed by atoms with Gasteiger partial charge < -0.3 is 18.9 Å². The number of methoxy groups -OCH3 is 2. The molecule has 10 rings (SSSR count). The molecule has 0 aromatic heterocycles. The third-order valence-electron chi connectivity index (χ3n) is 15.6. The van der Waals surface area contributed by atoms with Gasteiger partial charge in [-0.3, -0.25) is 19.4 Å². The van der Waals surface area contributed by atoms with Crippen molar-refractivity contribution in [1.82, 2.24) is 9.80 Å². The van der Waals surface area contributed by atoms with E-state index in [9.17, 15) is 49.9 Å². The molecule has 2 heterocycles. The third kappa shape index (κ3) is 13.5. The van der Waals surface area contributed by atoms with Crippen LogP contribution in [0.5, 0.6) is 11.5 Å². The first-order chi connectivity index (χ1) is 41.1. The van der Waals surface area contributed by atoms with Crippen molar-refractivity contribution in [2.45, 2.75) is 91.3 Å². The summed E-state index contributed by atoms with van der Waals surface area (Å²) in [5.41, 5.74) is 8.09. The second-order valence-electron chi connectivity index (χ2n) is 21.3. The van der Waals surface area contributed by atoms with E-state index in [-0.39, 0.29) is 40.8 Å². The summed E-state index contributed by atoms with van der Waals surface area (Å²) >= 11 is 12.1. The van der Waals surface area contributed by atoms with E-state index in [4.69, 9.17) is 42.1 Å². The van der Waals surface area contributed by atoms with Crippen LogP contribution in [0.25, 0.3) is 44.5 Å². The summed E-state index contributed by atoms with van der Waals surface area (Å²) in [4.78, 5) is 52.6. The molecule has 10 nitrogen and oxygen atoms in total. The molecule has 2 aliphatic rings. The van der Waals surface area contributed by atoms with Gasteiger partial charge in [-0.1, -0.05) is 89.9 Å². The predicted molar refractivity (Wildman–Crippen MR) is 319 cm³/mol. The second kappa shape index (κ2) is 25.3. The molecule has 2 aliphatic heterocycles. The van der Waals surface area contributed by atoms with Gasteiger partial charge in [0.1, 0.15) is 29.5 Å². The van der Waals surface area contributed by atoms with Crippen LogP contribution in [-0.2, 0) is 34.9 Å². The molecular formula is C68H57Cl2F7N2O8. The Morgan fingerprint density at radius 1 is 0.517 bits per heavy atom. The summed E-state index contributed by atoms with van der Waals surface area (Å²) in [6.45, 7) is 9.92. The fraction of sp³-hybridized carbons (Fsp3) is 0.235. The summed E-state index contributed by atoms with van der Waals surface area (Å²) in [6, 6.07) is 38.3. The van der Waals surface area contributed by atoms with Crippen molar-refractivity contribution in [2.75, 3.05) is 14.2 Å². The first kappa shape index (κ1) is 62.8. The van der Waals surface area contributed by atoms with Crippen LogP contribution in [0.1, 0.15) is 105 Å². The molecule has 4 atom stereocenters. The molecule has 8 aromatic rings. The van der Waals surface area contributed by atoms with Gasteiger partial charge in [0.25, 0.3) is 0 Å². The van der Waals surface area contributed by atoms with Crippen LogP contribution in [-0.4, -0.2) is 59.9 Å². The van der Waals surface area contributed by atoms with Crippen LogP contribution < -0.4 is 9.47 Å². The van der Waals surface area contributed by atoms with E-state index in [2.05, 4.69) is 0 Å². The molecule has 0 aliphatic carbocycles. The minimum Gasteiger partial charge on any atom is -0.496 e. The molecule has 2 fully saturated rings. The Balaban J connectivity index is 0.000000208. The molecule has 450 valence electrons. The number of amides is 2. The van der Waals surface area contributed by atoms with Gasteiger partial charge in [-0.15, -0.1) is 0 Å². The molecule has 8 aromatic carbocycles. The van der Waals surface area contributed by atoms with E-state index in [1.807, 2.05) is 56.3 Å². The molecule has 0 spiro atoms. The summed E-state index contributed by atoms with van der Waals surface area (Å²) in [5, 5.41) is 0.347. The Hall–Kier alpha value is -8.67. The average Bonchev–Trinajstić information content (AvgIpc) is 2.62. The van der Waals surface area contributed by atoms with Crippen LogP contribution in [0.4, 0.5) is 40.3 Å². The number of carbonyl (C=O) groups is 4. The Bertz CT molecular complexity index is 4000. The molecular weight excluding hydrogens is 1180 g/mol. The lowest BCUT2D eigenvalue weighted by atomic mass is 9.91. The van der Waals surface area contributed by atoms with E-state index in [0.29, 0.717) is 61.0 Å². The van der Waals surface area contributed by atoms with Gasteiger partial charge in [0.2, 0.25) is 0 Å². The van der Waals surface area contributed by atoms with Gasteiger partial charge >= 0.3 is 24.5 Å². The maximum Gasteiger partial charge on any atom is 0.416 e. The summed E-state index contributed by atoms with van der Waals surface area (Å²) in [7, 11) is 2.96. The third-order valence-corrected chi connectivity index (χ3v) is 16.2. The normalized spacial score (nSPS) is 16.7. The maximum atomic E-state index is 13.9. The molecule has 0 N–H and O–H groups in total. The molecule has 0 bridgehead atoms. The monoisotopic (exact) mass is 1230 g/mol. The van der Waals surface area contributed by atoms with E-state index in [1.54, 1.807) is 68.4 Å². The van der Waals surface area contributed by atoms with Gasteiger partial charge in [-0.2, -0.15) is 26.3 Å². The first-order valence-electron chi connectivity index (χ1n) is 27.3. The van der Waals surface area contributed by atoms with Gasteiger partial charge in [0, 0.05) is 27.3 Å². The summed E-state index contributed by atoms with van der Waals surface area (Å²) in [5.74, 6) is 0.134. The van der Waals surface area contributed by atoms with Crippen molar-refractivity contribution < 1.29 is 68.9 Å². The van der Waals surface area contributed by atoms with E-state index < -0.39 is 65.8 Å². The number of halogens is 9. The lowest BCUT2D eigenvalue weighted by Gasteiger charge is -2.24. The highest BCUT2D eigenvalue weighted by atomic mass is 35.5. The average molecular weight is 1230 g/mol. The van der Waals surface area contributed by atoms with Crippen molar-refractivity contribution in [3.63, 3.8) is 0 Å². The summed E-state index contributed by atoms with van der Waals surface area (Å²) < 4.78 is 120. The van der Waals surface area contributed by atoms with Crippen molar-refractivity contribution in [3.8, 4) is 56.0 Å². The number of benzene rings is 8. The largest absolute Gasteiger partial charge is 0.496 e. The number of ether oxygens (including phenoxy) is 4. The van der Waals surface area contributed by atoms with Gasteiger partial charge in [0.05, 0.1) is 55.5 Å². The second-order valence-corrected chi connectivity index (χ2v) is 22.2. The lowest BCUT2D eigenvalue weighted by Crippen LogP contribution is -2.31. The molecule has 87 heavy (non-hydrogen) atoms. The summed E-state index contributed by atoms with van der Waals surface area (Å²) in [6.07, 6.45) is -12.0. The molecule has 2 amide bonds. The minimum atomic E-state index is -4.63. The van der Waals surface area contributed by atoms with E-state index in [1.165, 1.54) is 68.2 Å². The van der Waals surface area contributed by atoms with Crippen LogP contribution in [0.2, 0.25) is 10.0 Å². The Kier molecular flexibility index (Phi) is 18.3. The van der Waals surface area contributed by atoms with Crippen LogP contribution in [0.3, 0.4) is 0 Å². The topological polar surface area (TPSA) is 112 Å². The van der Waals surface area contributed by atoms with Crippen molar-refractivity contribution in [3.05, 3.63) is 223 Å². The Morgan fingerprint density at radius 3 is 1.32 bits per heavy atom. The number of ketones is 2. The lowest BCUT2D eigenvalue weighted by molar-refractivity contribution is -0.138. The fourth-order valence-corrected chi connectivity index (χ4v) is 11.4. The fourth-order valence-electron chi connectivity index (χ4n) is 11.0. The van der Waals surface area contributed by atoms with Gasteiger partial charge in [-0.25, -0.2) is 14.0 Å². The number of aryl methyl sites for hydroxylation is 2. The highest BCUT2D eigenvalue weighted by Gasteiger charge is 2.43. The number of alkyl halides is 6. The molecule has 0 saturated carbocycles. The highest BCUT2D eigenvalue weighted by Crippen LogP contribution is 2.45. The quantitative estimate of drug-likeness (QED) is 0.0782. The molecule has 2 saturated heterocycles. The zero-order chi connectivity index (χ0) is 63.0. The van der Waals surface area contributed by atoms with E-state index in [0.717, 1.165) is 57.6 Å². The van der Waals surface area contributed by atoms with Crippen molar-refractivity contribution in [2.24, 2.45) is 0 Å². The number of nitrogens with zero attached hydrogens (tertiary/aromatic N) is 2.